The van der Waals surface area contributed by atoms with E-state index in [0.717, 1.165) is 37.2 Å². The summed E-state index contributed by atoms with van der Waals surface area (Å²) in [5.41, 5.74) is 1.18. The molecule has 5 rings (SSSR count). The normalized spacial score (nSPS) is 40.8. The number of aliphatic hydroxyl groups is 1. The van der Waals surface area contributed by atoms with E-state index < -0.39 is 11.6 Å². The fourth-order valence-corrected chi connectivity index (χ4v) is 7.62. The Morgan fingerprint density at radius 1 is 1.25 bits per heavy atom. The van der Waals surface area contributed by atoms with Crippen molar-refractivity contribution in [2.75, 3.05) is 0 Å². The van der Waals surface area contributed by atoms with E-state index >= 15 is 0 Å². The number of carboxylic acids is 1. The van der Waals surface area contributed by atoms with Crippen LogP contribution in [0.2, 0.25) is 0 Å². The smallest absolute Gasteiger partial charge is 0.303 e. The lowest BCUT2D eigenvalue weighted by atomic mass is 9.48. The lowest BCUT2D eigenvalue weighted by Gasteiger charge is -2.57. The van der Waals surface area contributed by atoms with Gasteiger partial charge in [-0.1, -0.05) is 31.1 Å². The number of rotatable bonds is 4. The summed E-state index contributed by atoms with van der Waals surface area (Å²) in [7, 11) is 0. The number of carboxylic acid groups (broad SMARTS) is 1. The number of furan rings is 1. The SMILES string of the molecule is Cc1ccc([C@@H]2CC3=CC(=O)CC[C@]3(C)C3=CC[C@@]4(C)[C@@H](CC[C@]4(O)CCC(=O)O)[C@@H]32)o1. The molecule has 32 heavy (non-hydrogen) atoms. The topological polar surface area (TPSA) is 87.7 Å². The Labute approximate surface area is 189 Å². The molecule has 1 aromatic rings. The van der Waals surface area contributed by atoms with Crippen molar-refractivity contribution in [2.24, 2.45) is 22.7 Å². The van der Waals surface area contributed by atoms with E-state index in [4.69, 9.17) is 4.42 Å². The second-order valence-electron chi connectivity index (χ2n) is 11.1. The second kappa shape index (κ2) is 7.18. The molecule has 0 saturated heterocycles. The average molecular weight is 439 g/mol. The van der Waals surface area contributed by atoms with E-state index in [9.17, 15) is 19.8 Å². The van der Waals surface area contributed by atoms with Gasteiger partial charge in [-0.2, -0.15) is 0 Å². The van der Waals surface area contributed by atoms with Gasteiger partial charge in [-0.25, -0.2) is 0 Å². The third-order valence-electron chi connectivity index (χ3n) is 9.59. The van der Waals surface area contributed by atoms with Gasteiger partial charge in [0, 0.05) is 29.6 Å². The molecule has 4 aliphatic rings. The Kier molecular flexibility index (Phi) is 4.87. The average Bonchev–Trinajstić information content (AvgIpc) is 3.28. The number of ketones is 1. The molecule has 1 heterocycles. The molecule has 0 aliphatic heterocycles. The van der Waals surface area contributed by atoms with Crippen LogP contribution in [0.5, 0.6) is 0 Å². The molecule has 4 aliphatic carbocycles. The van der Waals surface area contributed by atoms with Crippen LogP contribution >= 0.6 is 0 Å². The molecule has 0 aromatic carbocycles. The summed E-state index contributed by atoms with van der Waals surface area (Å²) >= 11 is 0. The summed E-state index contributed by atoms with van der Waals surface area (Å²) < 4.78 is 6.14. The number of aliphatic carboxylic acids is 1. The molecule has 2 fully saturated rings. The molecule has 6 atom stereocenters. The monoisotopic (exact) mass is 438 g/mol. The molecule has 2 saturated carbocycles. The van der Waals surface area contributed by atoms with Crippen molar-refractivity contribution in [1.29, 1.82) is 0 Å². The highest BCUT2D eigenvalue weighted by Gasteiger charge is 2.63. The van der Waals surface area contributed by atoms with Crippen molar-refractivity contribution >= 4 is 11.8 Å². The van der Waals surface area contributed by atoms with Gasteiger partial charge in [-0.3, -0.25) is 9.59 Å². The van der Waals surface area contributed by atoms with Crippen LogP contribution in [0, 0.1) is 29.6 Å². The first kappa shape index (κ1) is 21.7. The van der Waals surface area contributed by atoms with Crippen LogP contribution in [-0.4, -0.2) is 27.6 Å². The summed E-state index contributed by atoms with van der Waals surface area (Å²) in [5.74, 6) is 1.83. The Balaban J connectivity index is 1.61. The van der Waals surface area contributed by atoms with Gasteiger partial charge in [-0.15, -0.1) is 0 Å². The summed E-state index contributed by atoms with van der Waals surface area (Å²) in [6, 6.07) is 4.08. The van der Waals surface area contributed by atoms with Crippen LogP contribution in [0.15, 0.2) is 39.8 Å². The van der Waals surface area contributed by atoms with Gasteiger partial charge in [-0.05, 0) is 75.5 Å². The summed E-state index contributed by atoms with van der Waals surface area (Å²) in [5, 5.41) is 21.0. The molecular weight excluding hydrogens is 404 g/mol. The maximum absolute atomic E-state index is 12.3. The first-order chi connectivity index (χ1) is 15.1. The predicted molar refractivity (Wildman–Crippen MR) is 120 cm³/mol. The fraction of sp³-hybridized carbons (Fsp3) is 0.630. The van der Waals surface area contributed by atoms with Gasteiger partial charge in [0.1, 0.15) is 11.5 Å². The van der Waals surface area contributed by atoms with E-state index in [0.29, 0.717) is 19.3 Å². The maximum atomic E-state index is 12.3. The molecule has 5 heteroatoms. The number of carbonyl (C=O) groups excluding carboxylic acids is 1. The molecule has 2 N–H and O–H groups in total. The zero-order valence-electron chi connectivity index (χ0n) is 19.3. The van der Waals surface area contributed by atoms with Crippen LogP contribution in [0.25, 0.3) is 0 Å². The van der Waals surface area contributed by atoms with Gasteiger partial charge in [0.05, 0.1) is 5.60 Å². The van der Waals surface area contributed by atoms with Gasteiger partial charge < -0.3 is 14.6 Å². The van der Waals surface area contributed by atoms with Crippen molar-refractivity contribution in [3.05, 3.63) is 47.0 Å². The zero-order valence-corrected chi connectivity index (χ0v) is 19.3. The number of hydrogen-bond acceptors (Lipinski definition) is 4. The van der Waals surface area contributed by atoms with Crippen molar-refractivity contribution in [1.82, 2.24) is 0 Å². The first-order valence-corrected chi connectivity index (χ1v) is 12.0. The van der Waals surface area contributed by atoms with E-state index in [2.05, 4.69) is 26.0 Å². The molecule has 0 bridgehead atoms. The minimum atomic E-state index is -0.971. The van der Waals surface area contributed by atoms with E-state index in [1.54, 1.807) is 0 Å². The van der Waals surface area contributed by atoms with E-state index in [1.165, 1.54) is 11.1 Å². The number of aryl methyl sites for hydroxylation is 1. The highest BCUT2D eigenvalue weighted by Crippen LogP contribution is 2.68. The Morgan fingerprint density at radius 3 is 2.72 bits per heavy atom. The molecule has 1 aromatic heterocycles. The van der Waals surface area contributed by atoms with Crippen LogP contribution in [0.3, 0.4) is 0 Å². The van der Waals surface area contributed by atoms with Crippen molar-refractivity contribution < 1.29 is 24.2 Å². The summed E-state index contributed by atoms with van der Waals surface area (Å²) in [4.78, 5) is 23.6. The van der Waals surface area contributed by atoms with Crippen molar-refractivity contribution in [2.45, 2.75) is 83.7 Å². The van der Waals surface area contributed by atoms with Gasteiger partial charge in [0.15, 0.2) is 5.78 Å². The molecule has 172 valence electrons. The minimum Gasteiger partial charge on any atom is -0.481 e. The van der Waals surface area contributed by atoms with Crippen LogP contribution < -0.4 is 0 Å². The van der Waals surface area contributed by atoms with Crippen molar-refractivity contribution in [3.63, 3.8) is 0 Å². The maximum Gasteiger partial charge on any atom is 0.303 e. The number of carbonyl (C=O) groups is 2. The number of allylic oxidation sites excluding steroid dienone is 4. The number of fused-ring (bicyclic) bond motifs is 5. The predicted octanol–water partition coefficient (Wildman–Crippen LogP) is 5.33. The third kappa shape index (κ3) is 3.00. The van der Waals surface area contributed by atoms with Crippen LogP contribution in [0.1, 0.15) is 82.7 Å². The van der Waals surface area contributed by atoms with E-state index in [-0.39, 0.29) is 40.8 Å². The summed E-state index contributed by atoms with van der Waals surface area (Å²) in [6.45, 7) is 6.42. The highest BCUT2D eigenvalue weighted by atomic mass is 16.4. The van der Waals surface area contributed by atoms with Crippen LogP contribution in [-0.2, 0) is 9.59 Å². The standard InChI is InChI=1S/C27H34O5/c1-16-4-5-22(32-16)19-15-17-14-18(28)6-10-25(17,2)20-7-11-26(3)21(24(19)20)8-12-27(26,31)13-9-23(29)30/h4-5,7,14,19,21,24,31H,6,8-13,15H2,1-3H3,(H,29,30)/t19-,21-,24+,25-,26-,27-/m0/s1. The van der Waals surface area contributed by atoms with Gasteiger partial charge in [0.2, 0.25) is 0 Å². The minimum absolute atomic E-state index is 0.00638. The third-order valence-corrected chi connectivity index (χ3v) is 9.59. The van der Waals surface area contributed by atoms with Crippen molar-refractivity contribution in [3.8, 4) is 0 Å². The molecule has 0 unspecified atom stereocenters. The lowest BCUT2D eigenvalue weighted by Crippen LogP contribution is -2.52. The second-order valence-corrected chi connectivity index (χ2v) is 11.1. The molecule has 0 radical (unpaired) electrons. The molecule has 0 amide bonds. The van der Waals surface area contributed by atoms with Gasteiger partial charge >= 0.3 is 5.97 Å². The van der Waals surface area contributed by atoms with Crippen LogP contribution in [0.4, 0.5) is 0 Å². The summed E-state index contributed by atoms with van der Waals surface area (Å²) in [6.07, 6.45) is 9.02. The molecular formula is C27H34O5. The Hall–Kier alpha value is -2.14. The number of hydrogen-bond donors (Lipinski definition) is 2. The molecule has 5 nitrogen and oxygen atoms in total. The fourth-order valence-electron chi connectivity index (χ4n) is 7.62. The lowest BCUT2D eigenvalue weighted by molar-refractivity contribution is -0.141. The molecule has 0 spiro atoms. The highest BCUT2D eigenvalue weighted by molar-refractivity contribution is 5.92. The quantitative estimate of drug-likeness (QED) is 0.621. The van der Waals surface area contributed by atoms with E-state index in [1.807, 2.05) is 19.1 Å². The Bertz CT molecular complexity index is 1030. The Morgan fingerprint density at radius 2 is 2.03 bits per heavy atom. The first-order valence-electron chi connectivity index (χ1n) is 12.0. The van der Waals surface area contributed by atoms with Gasteiger partial charge in [0.25, 0.3) is 0 Å². The zero-order chi connectivity index (χ0) is 22.9. The largest absolute Gasteiger partial charge is 0.481 e.